The van der Waals surface area contributed by atoms with Crippen LogP contribution in [0.5, 0.6) is 0 Å². The summed E-state index contributed by atoms with van der Waals surface area (Å²) in [6, 6.07) is -0.378. The molecule has 0 atom stereocenters. The Morgan fingerprint density at radius 2 is 1.81 bits per heavy atom. The lowest BCUT2D eigenvalue weighted by molar-refractivity contribution is -0.149. The Morgan fingerprint density at radius 3 is 2.33 bits per heavy atom. The van der Waals surface area contributed by atoms with Crippen molar-refractivity contribution in [3.63, 3.8) is 0 Å². The summed E-state index contributed by atoms with van der Waals surface area (Å²) in [6.07, 6.45) is -4.37. The molecule has 0 aromatic carbocycles. The first-order valence-electron chi connectivity index (χ1n) is 7.44. The van der Waals surface area contributed by atoms with Crippen LogP contribution in [0.15, 0.2) is 17.1 Å². The Balaban J connectivity index is 2.68. The SMILES string of the molecule is CC(C)(C)NC(=O)NC(=O)COC(=O)Cn1cc(C(F)(F)F)cc(Cl)c1=O. The molecular formula is C15H17ClF3N3O5. The van der Waals surface area contributed by atoms with Crippen molar-refractivity contribution in [2.75, 3.05) is 6.61 Å². The number of ether oxygens (including phenoxy) is 1. The van der Waals surface area contributed by atoms with Gasteiger partial charge in [-0.2, -0.15) is 13.2 Å². The highest BCUT2D eigenvalue weighted by Crippen LogP contribution is 2.29. The number of hydrogen-bond donors (Lipinski definition) is 2. The van der Waals surface area contributed by atoms with Gasteiger partial charge in [0.05, 0.1) is 5.56 Å². The van der Waals surface area contributed by atoms with E-state index in [1.54, 1.807) is 20.8 Å². The molecule has 1 aromatic rings. The third-order valence-electron chi connectivity index (χ3n) is 2.77. The summed E-state index contributed by atoms with van der Waals surface area (Å²) in [6.45, 7) is 3.26. The average Bonchev–Trinajstić information content (AvgIpc) is 2.46. The summed E-state index contributed by atoms with van der Waals surface area (Å²) in [5, 5.41) is 3.61. The number of amides is 3. The Morgan fingerprint density at radius 1 is 1.22 bits per heavy atom. The number of carbonyl (C=O) groups excluding carboxylic acids is 3. The Bertz CT molecular complexity index is 799. The van der Waals surface area contributed by atoms with Crippen LogP contribution in [-0.4, -0.2) is 34.6 Å². The van der Waals surface area contributed by atoms with Crippen LogP contribution in [0.3, 0.4) is 0 Å². The second kappa shape index (κ2) is 8.42. The van der Waals surface area contributed by atoms with Gasteiger partial charge in [-0.15, -0.1) is 0 Å². The number of nitrogens with one attached hydrogen (secondary N) is 2. The predicted molar refractivity (Wildman–Crippen MR) is 88.1 cm³/mol. The first kappa shape index (κ1) is 22.5. The monoisotopic (exact) mass is 411 g/mol. The van der Waals surface area contributed by atoms with Crippen LogP contribution >= 0.6 is 11.6 Å². The van der Waals surface area contributed by atoms with Crippen molar-refractivity contribution in [2.45, 2.75) is 39.0 Å². The first-order valence-corrected chi connectivity index (χ1v) is 7.81. The zero-order valence-corrected chi connectivity index (χ0v) is 15.3. The third kappa shape index (κ3) is 7.69. The van der Waals surface area contributed by atoms with Crippen molar-refractivity contribution < 1.29 is 32.3 Å². The van der Waals surface area contributed by atoms with E-state index in [9.17, 15) is 32.3 Å². The van der Waals surface area contributed by atoms with E-state index in [1.165, 1.54) is 0 Å². The third-order valence-corrected chi connectivity index (χ3v) is 3.05. The number of pyridine rings is 1. The molecule has 0 unspecified atom stereocenters. The van der Waals surface area contributed by atoms with Crippen LogP contribution in [0.4, 0.5) is 18.0 Å². The number of alkyl halides is 3. The molecule has 1 aromatic heterocycles. The molecule has 0 spiro atoms. The molecule has 3 amide bonds. The minimum atomic E-state index is -4.77. The topological polar surface area (TPSA) is 106 Å². The molecule has 1 rings (SSSR count). The zero-order valence-electron chi connectivity index (χ0n) is 14.6. The maximum Gasteiger partial charge on any atom is 0.417 e. The number of rotatable bonds is 4. The Hall–Kier alpha value is -2.56. The van der Waals surface area contributed by atoms with Gasteiger partial charge in [-0.05, 0) is 26.8 Å². The summed E-state index contributed by atoms with van der Waals surface area (Å²) in [5.74, 6) is -2.13. The van der Waals surface area contributed by atoms with Gasteiger partial charge >= 0.3 is 18.2 Å². The highest BCUT2D eigenvalue weighted by Gasteiger charge is 2.32. The fraction of sp³-hybridized carbons (Fsp3) is 0.467. The molecule has 0 aliphatic rings. The fourth-order valence-electron chi connectivity index (χ4n) is 1.74. The van der Waals surface area contributed by atoms with Crippen molar-refractivity contribution in [3.05, 3.63) is 33.2 Å². The van der Waals surface area contributed by atoms with E-state index in [-0.39, 0.29) is 0 Å². The first-order chi connectivity index (χ1) is 12.2. The van der Waals surface area contributed by atoms with Gasteiger partial charge in [-0.25, -0.2) is 4.79 Å². The fourth-order valence-corrected chi connectivity index (χ4v) is 1.96. The van der Waals surface area contributed by atoms with Gasteiger partial charge in [0, 0.05) is 11.7 Å². The molecule has 0 fully saturated rings. The molecule has 0 aliphatic heterocycles. The Labute approximate surface area is 156 Å². The van der Waals surface area contributed by atoms with Crippen LogP contribution in [0.2, 0.25) is 5.02 Å². The van der Waals surface area contributed by atoms with Crippen LogP contribution in [-0.2, 0) is 27.0 Å². The second-order valence-electron chi connectivity index (χ2n) is 6.42. The highest BCUT2D eigenvalue weighted by molar-refractivity contribution is 6.30. The van der Waals surface area contributed by atoms with Gasteiger partial charge in [0.2, 0.25) is 0 Å². The maximum absolute atomic E-state index is 12.7. The van der Waals surface area contributed by atoms with E-state index in [0.29, 0.717) is 16.8 Å². The summed E-state index contributed by atoms with van der Waals surface area (Å²) in [5.41, 5.74) is -2.86. The van der Waals surface area contributed by atoms with Gasteiger partial charge in [0.1, 0.15) is 11.6 Å². The van der Waals surface area contributed by atoms with Crippen LogP contribution in [0, 0.1) is 0 Å². The minimum Gasteiger partial charge on any atom is -0.454 e. The molecule has 8 nitrogen and oxygen atoms in total. The lowest BCUT2D eigenvalue weighted by Crippen LogP contribution is -2.49. The molecule has 150 valence electrons. The van der Waals surface area contributed by atoms with Gasteiger partial charge in [-0.1, -0.05) is 11.6 Å². The Kier molecular flexibility index (Phi) is 7.01. The van der Waals surface area contributed by atoms with E-state index in [4.69, 9.17) is 11.6 Å². The number of imide groups is 1. The summed E-state index contributed by atoms with van der Waals surface area (Å²) in [7, 11) is 0. The standard InChI is InChI=1S/C15H17ClF3N3O5/c1-14(2,3)21-13(26)20-10(23)7-27-11(24)6-22-5-8(15(17,18)19)4-9(16)12(22)25/h4-5H,6-7H2,1-3H3,(H2,20,21,23,26). The van der Waals surface area contributed by atoms with E-state index in [2.05, 4.69) is 10.1 Å². The van der Waals surface area contributed by atoms with Crippen LogP contribution < -0.4 is 16.2 Å². The van der Waals surface area contributed by atoms with Crippen molar-refractivity contribution in [1.82, 2.24) is 15.2 Å². The molecule has 0 saturated carbocycles. The number of halogens is 4. The van der Waals surface area contributed by atoms with Crippen molar-refractivity contribution in [3.8, 4) is 0 Å². The smallest absolute Gasteiger partial charge is 0.417 e. The van der Waals surface area contributed by atoms with Gasteiger partial charge in [0.25, 0.3) is 11.5 Å². The molecule has 27 heavy (non-hydrogen) atoms. The van der Waals surface area contributed by atoms with E-state index < -0.39 is 58.9 Å². The number of hydrogen-bond acceptors (Lipinski definition) is 5. The average molecular weight is 412 g/mol. The highest BCUT2D eigenvalue weighted by atomic mass is 35.5. The number of nitrogens with zero attached hydrogens (tertiary/aromatic N) is 1. The molecule has 1 heterocycles. The summed E-state index contributed by atoms with van der Waals surface area (Å²) >= 11 is 5.45. The molecule has 0 bridgehead atoms. The molecule has 12 heteroatoms. The molecule has 0 radical (unpaired) electrons. The summed E-state index contributed by atoms with van der Waals surface area (Å²) < 4.78 is 43.1. The van der Waals surface area contributed by atoms with E-state index in [1.807, 2.05) is 5.32 Å². The number of esters is 1. The van der Waals surface area contributed by atoms with Gasteiger partial charge in [0.15, 0.2) is 6.61 Å². The maximum atomic E-state index is 12.7. The van der Waals surface area contributed by atoms with Crippen molar-refractivity contribution in [2.24, 2.45) is 0 Å². The number of aromatic nitrogens is 1. The number of urea groups is 1. The van der Waals surface area contributed by atoms with Crippen LogP contribution in [0.25, 0.3) is 0 Å². The molecule has 2 N–H and O–H groups in total. The summed E-state index contributed by atoms with van der Waals surface area (Å²) in [4.78, 5) is 46.4. The van der Waals surface area contributed by atoms with Gasteiger partial charge < -0.3 is 14.6 Å². The normalized spacial score (nSPS) is 11.7. The minimum absolute atomic E-state index is 0.409. The lowest BCUT2D eigenvalue weighted by Gasteiger charge is -2.20. The van der Waals surface area contributed by atoms with Gasteiger partial charge in [-0.3, -0.25) is 19.7 Å². The largest absolute Gasteiger partial charge is 0.454 e. The van der Waals surface area contributed by atoms with Crippen LogP contribution in [0.1, 0.15) is 26.3 Å². The van der Waals surface area contributed by atoms with E-state index in [0.717, 1.165) is 0 Å². The lowest BCUT2D eigenvalue weighted by atomic mass is 10.1. The van der Waals surface area contributed by atoms with E-state index >= 15 is 0 Å². The molecule has 0 saturated heterocycles. The van der Waals surface area contributed by atoms with Crippen molar-refractivity contribution >= 4 is 29.5 Å². The van der Waals surface area contributed by atoms with Crippen molar-refractivity contribution in [1.29, 1.82) is 0 Å². The molecular weight excluding hydrogens is 395 g/mol. The second-order valence-corrected chi connectivity index (χ2v) is 6.83. The quantitative estimate of drug-likeness (QED) is 0.733. The predicted octanol–water partition coefficient (Wildman–Crippen LogP) is 1.69. The number of carbonyl (C=O) groups is 3. The zero-order chi connectivity index (χ0) is 21.0. The molecule has 0 aliphatic carbocycles.